The van der Waals surface area contributed by atoms with E-state index in [1.807, 2.05) is 6.92 Å². The molecule has 6 heteroatoms. The van der Waals surface area contributed by atoms with Crippen LogP contribution in [-0.2, 0) is 10.0 Å². The molecule has 3 nitrogen and oxygen atoms in total. The van der Waals surface area contributed by atoms with Crippen molar-refractivity contribution < 1.29 is 8.42 Å². The first kappa shape index (κ1) is 10.6. The van der Waals surface area contributed by atoms with E-state index in [4.69, 9.17) is 0 Å². The number of hydrogen-bond donors (Lipinski definition) is 1. The third kappa shape index (κ3) is 2.18. The fourth-order valence-corrected chi connectivity index (χ4v) is 4.90. The number of thiophene rings is 1. The number of rotatable bonds is 3. The summed E-state index contributed by atoms with van der Waals surface area (Å²) in [7, 11) is -3.28. The summed E-state index contributed by atoms with van der Waals surface area (Å²) >= 11 is 4.72. The Balaban J connectivity index is 2.32. The molecule has 0 saturated heterocycles. The van der Waals surface area contributed by atoms with E-state index in [0.29, 0.717) is 4.90 Å². The van der Waals surface area contributed by atoms with E-state index in [-0.39, 0.29) is 6.04 Å². The topological polar surface area (TPSA) is 46.2 Å². The first-order valence-electron chi connectivity index (χ1n) is 4.27. The van der Waals surface area contributed by atoms with Gasteiger partial charge in [0.25, 0.3) is 0 Å². The van der Waals surface area contributed by atoms with Gasteiger partial charge in [-0.15, -0.1) is 11.3 Å². The van der Waals surface area contributed by atoms with Crippen molar-refractivity contribution >= 4 is 37.3 Å². The highest BCUT2D eigenvalue weighted by atomic mass is 79.9. The van der Waals surface area contributed by atoms with Crippen molar-refractivity contribution in [3.8, 4) is 0 Å². The molecular formula is C8H10BrNO2S2. The van der Waals surface area contributed by atoms with Gasteiger partial charge in [0.15, 0.2) is 0 Å². The van der Waals surface area contributed by atoms with Crippen molar-refractivity contribution in [1.29, 1.82) is 0 Å². The summed E-state index contributed by atoms with van der Waals surface area (Å²) in [5, 5.41) is 0. The van der Waals surface area contributed by atoms with Crippen LogP contribution in [0.2, 0.25) is 0 Å². The maximum absolute atomic E-state index is 11.8. The molecule has 1 heterocycles. The van der Waals surface area contributed by atoms with Crippen LogP contribution in [0.1, 0.15) is 17.7 Å². The second-order valence-corrected chi connectivity index (χ2v) is 7.68. The van der Waals surface area contributed by atoms with Crippen molar-refractivity contribution in [2.24, 2.45) is 0 Å². The summed E-state index contributed by atoms with van der Waals surface area (Å²) in [6.07, 6.45) is 1.92. The highest BCUT2D eigenvalue weighted by Crippen LogP contribution is 2.31. The molecule has 1 fully saturated rings. The fraction of sp³-hybridized carbons (Fsp3) is 0.500. The second-order valence-electron chi connectivity index (χ2n) is 3.37. The summed E-state index contributed by atoms with van der Waals surface area (Å²) in [5.41, 5.74) is 0. The summed E-state index contributed by atoms with van der Waals surface area (Å²) < 4.78 is 27.1. The molecule has 0 aromatic carbocycles. The molecule has 14 heavy (non-hydrogen) atoms. The molecule has 1 saturated carbocycles. The van der Waals surface area contributed by atoms with Gasteiger partial charge in [0.2, 0.25) is 10.0 Å². The van der Waals surface area contributed by atoms with Crippen LogP contribution >= 0.6 is 27.3 Å². The van der Waals surface area contributed by atoms with Crippen molar-refractivity contribution in [1.82, 2.24) is 4.72 Å². The molecule has 2 rings (SSSR count). The maximum atomic E-state index is 11.8. The van der Waals surface area contributed by atoms with Crippen LogP contribution in [0.25, 0.3) is 0 Å². The Hall–Kier alpha value is 0.0900. The molecule has 0 atom stereocenters. The summed E-state index contributed by atoms with van der Waals surface area (Å²) in [5.74, 6) is 0. The van der Waals surface area contributed by atoms with E-state index in [1.165, 1.54) is 11.3 Å². The minimum Gasteiger partial charge on any atom is -0.208 e. The van der Waals surface area contributed by atoms with E-state index in [9.17, 15) is 8.42 Å². The van der Waals surface area contributed by atoms with Crippen LogP contribution < -0.4 is 4.72 Å². The van der Waals surface area contributed by atoms with Gasteiger partial charge in [0.1, 0.15) is 0 Å². The van der Waals surface area contributed by atoms with Gasteiger partial charge >= 0.3 is 0 Å². The van der Waals surface area contributed by atoms with E-state index >= 15 is 0 Å². The predicted octanol–water partition coefficient (Wildman–Crippen LogP) is 2.26. The monoisotopic (exact) mass is 295 g/mol. The average Bonchev–Trinajstić information content (AvgIpc) is 2.76. The zero-order valence-corrected chi connectivity index (χ0v) is 10.8. The molecule has 78 valence electrons. The van der Waals surface area contributed by atoms with E-state index in [2.05, 4.69) is 20.7 Å². The van der Waals surface area contributed by atoms with Crippen LogP contribution in [0.4, 0.5) is 0 Å². The van der Waals surface area contributed by atoms with Gasteiger partial charge < -0.3 is 0 Å². The molecule has 0 amide bonds. The number of sulfonamides is 1. The van der Waals surface area contributed by atoms with E-state index < -0.39 is 10.0 Å². The lowest BCUT2D eigenvalue weighted by atomic mass is 10.5. The van der Waals surface area contributed by atoms with Crippen LogP contribution in [0.3, 0.4) is 0 Å². The number of hydrogen-bond acceptors (Lipinski definition) is 3. The van der Waals surface area contributed by atoms with Gasteiger partial charge in [-0.2, -0.15) is 0 Å². The average molecular weight is 296 g/mol. The lowest BCUT2D eigenvalue weighted by molar-refractivity contribution is 0.581. The number of halogens is 1. The lowest BCUT2D eigenvalue weighted by Gasteiger charge is -2.03. The Labute approximate surface area is 95.7 Å². The summed E-state index contributed by atoms with van der Waals surface area (Å²) in [6.45, 7) is 1.82. The second kappa shape index (κ2) is 3.59. The van der Waals surface area contributed by atoms with Gasteiger partial charge in [-0.3, -0.25) is 0 Å². The molecule has 1 N–H and O–H groups in total. The highest BCUT2D eigenvalue weighted by molar-refractivity contribution is 9.11. The molecular weight excluding hydrogens is 286 g/mol. The largest absolute Gasteiger partial charge is 0.241 e. The van der Waals surface area contributed by atoms with Gasteiger partial charge in [-0.05, 0) is 41.8 Å². The lowest BCUT2D eigenvalue weighted by Crippen LogP contribution is -2.25. The van der Waals surface area contributed by atoms with Gasteiger partial charge in [-0.25, -0.2) is 13.1 Å². The van der Waals surface area contributed by atoms with Crippen molar-refractivity contribution in [2.45, 2.75) is 30.7 Å². The Bertz CT molecular complexity index is 448. The summed E-state index contributed by atoms with van der Waals surface area (Å²) in [6, 6.07) is 1.82. The van der Waals surface area contributed by atoms with Crippen LogP contribution in [-0.4, -0.2) is 14.5 Å². The molecule has 1 aromatic heterocycles. The predicted molar refractivity (Wildman–Crippen MR) is 60.1 cm³/mol. The Kier molecular flexibility index (Phi) is 2.72. The van der Waals surface area contributed by atoms with Crippen LogP contribution in [0.5, 0.6) is 0 Å². The van der Waals surface area contributed by atoms with Crippen molar-refractivity contribution in [3.05, 3.63) is 14.7 Å². The standard InChI is InChI=1S/C8H10BrNO2S2/c1-5-7(4-8(9)13-5)14(11,12)10-6-2-3-6/h4,6,10H,2-3H2,1H3. The molecule has 1 aliphatic carbocycles. The third-order valence-corrected chi connectivity index (χ3v) is 5.36. The smallest absolute Gasteiger partial charge is 0.208 e. The molecule has 1 aromatic rings. The normalized spacial score (nSPS) is 17.3. The molecule has 1 aliphatic rings. The SMILES string of the molecule is Cc1sc(Br)cc1S(=O)(=O)NC1CC1. The van der Waals surface area contributed by atoms with Crippen molar-refractivity contribution in [2.75, 3.05) is 0 Å². The Morgan fingerprint density at radius 3 is 2.64 bits per heavy atom. The minimum absolute atomic E-state index is 0.165. The minimum atomic E-state index is -3.28. The first-order valence-corrected chi connectivity index (χ1v) is 7.36. The van der Waals surface area contributed by atoms with Gasteiger partial charge in [-0.1, -0.05) is 0 Å². The van der Waals surface area contributed by atoms with E-state index in [0.717, 1.165) is 21.5 Å². The Morgan fingerprint density at radius 2 is 2.21 bits per heavy atom. The zero-order valence-electron chi connectivity index (χ0n) is 7.58. The molecule has 0 aliphatic heterocycles. The number of aryl methyl sites for hydroxylation is 1. The third-order valence-electron chi connectivity index (χ3n) is 2.03. The van der Waals surface area contributed by atoms with E-state index in [1.54, 1.807) is 6.07 Å². The highest BCUT2D eigenvalue weighted by Gasteiger charge is 2.29. The fourth-order valence-electron chi connectivity index (χ4n) is 1.18. The maximum Gasteiger partial charge on any atom is 0.241 e. The zero-order chi connectivity index (χ0) is 10.3. The quantitative estimate of drug-likeness (QED) is 0.930. The first-order chi connectivity index (χ1) is 6.49. The van der Waals surface area contributed by atoms with Gasteiger partial charge in [0, 0.05) is 10.9 Å². The molecule has 0 spiro atoms. The van der Waals surface area contributed by atoms with Crippen molar-refractivity contribution in [3.63, 3.8) is 0 Å². The van der Waals surface area contributed by atoms with Gasteiger partial charge in [0.05, 0.1) is 8.68 Å². The Morgan fingerprint density at radius 1 is 1.57 bits per heavy atom. The van der Waals surface area contributed by atoms with Crippen LogP contribution in [0, 0.1) is 6.92 Å². The molecule has 0 radical (unpaired) electrons. The van der Waals surface area contributed by atoms with Crippen LogP contribution in [0.15, 0.2) is 14.7 Å². The molecule has 0 unspecified atom stereocenters. The summed E-state index contributed by atoms with van der Waals surface area (Å²) in [4.78, 5) is 1.23. The molecule has 0 bridgehead atoms. The number of nitrogens with one attached hydrogen (secondary N) is 1.